The van der Waals surface area contributed by atoms with Gasteiger partial charge in [0.15, 0.2) is 5.16 Å². The summed E-state index contributed by atoms with van der Waals surface area (Å²) in [6.07, 6.45) is 4.23. The van der Waals surface area contributed by atoms with E-state index in [-0.39, 0.29) is 5.91 Å². The zero-order valence-corrected chi connectivity index (χ0v) is 16.6. The Labute approximate surface area is 163 Å². The van der Waals surface area contributed by atoms with Crippen molar-refractivity contribution in [3.05, 3.63) is 36.2 Å². The molecule has 1 aromatic carbocycles. The molecule has 0 atom stereocenters. The largest absolute Gasteiger partial charge is 0.355 e. The van der Waals surface area contributed by atoms with Gasteiger partial charge in [0, 0.05) is 31.8 Å². The summed E-state index contributed by atoms with van der Waals surface area (Å²) in [6.45, 7) is 1.75. The van der Waals surface area contributed by atoms with E-state index in [2.05, 4.69) is 20.5 Å². The SMILES string of the molecule is O=C(CCc1ccc(S(=O)(=O)N2CCCC2)cc1)NCCSc1ncn[nH]1. The van der Waals surface area contributed by atoms with Gasteiger partial charge in [0.2, 0.25) is 15.9 Å². The predicted molar refractivity (Wildman–Crippen MR) is 103 cm³/mol. The number of hydrogen-bond donors (Lipinski definition) is 2. The second kappa shape index (κ2) is 9.34. The Morgan fingerprint density at radius 2 is 1.96 bits per heavy atom. The molecule has 0 spiro atoms. The average molecular weight is 410 g/mol. The highest BCUT2D eigenvalue weighted by Gasteiger charge is 2.26. The van der Waals surface area contributed by atoms with Crippen molar-refractivity contribution in [1.29, 1.82) is 0 Å². The molecule has 1 aliphatic heterocycles. The molecule has 10 heteroatoms. The van der Waals surface area contributed by atoms with Gasteiger partial charge >= 0.3 is 0 Å². The zero-order valence-electron chi connectivity index (χ0n) is 14.9. The van der Waals surface area contributed by atoms with Gasteiger partial charge in [0.05, 0.1) is 4.90 Å². The second-order valence-corrected chi connectivity index (χ2v) is 9.27. The maximum Gasteiger partial charge on any atom is 0.243 e. The van der Waals surface area contributed by atoms with Crippen LogP contribution in [0.15, 0.2) is 40.6 Å². The second-order valence-electron chi connectivity index (χ2n) is 6.24. The first-order valence-electron chi connectivity index (χ1n) is 8.90. The number of rotatable bonds is 9. The first kappa shape index (κ1) is 19.8. The third-order valence-corrected chi connectivity index (χ3v) is 7.11. The summed E-state index contributed by atoms with van der Waals surface area (Å²) in [5, 5.41) is 10.1. The molecule has 2 heterocycles. The van der Waals surface area contributed by atoms with Crippen LogP contribution in [0.25, 0.3) is 0 Å². The maximum absolute atomic E-state index is 12.5. The van der Waals surface area contributed by atoms with Gasteiger partial charge in [-0.25, -0.2) is 13.4 Å². The van der Waals surface area contributed by atoms with Gasteiger partial charge in [-0.15, -0.1) is 0 Å². The number of benzene rings is 1. The Hall–Kier alpha value is -1.91. The quantitative estimate of drug-likeness (QED) is 0.479. The van der Waals surface area contributed by atoms with Crippen molar-refractivity contribution in [3.8, 4) is 0 Å². The number of aromatic amines is 1. The van der Waals surface area contributed by atoms with Gasteiger partial charge in [-0.3, -0.25) is 9.89 Å². The fraction of sp³-hybridized carbons (Fsp3) is 0.471. The van der Waals surface area contributed by atoms with Crippen LogP contribution in [-0.2, 0) is 21.2 Å². The molecule has 8 nitrogen and oxygen atoms in total. The Morgan fingerprint density at radius 1 is 1.22 bits per heavy atom. The monoisotopic (exact) mass is 409 g/mol. The van der Waals surface area contributed by atoms with E-state index < -0.39 is 10.0 Å². The van der Waals surface area contributed by atoms with Crippen LogP contribution in [0.5, 0.6) is 0 Å². The van der Waals surface area contributed by atoms with E-state index in [4.69, 9.17) is 0 Å². The van der Waals surface area contributed by atoms with Crippen molar-refractivity contribution in [1.82, 2.24) is 24.8 Å². The number of aromatic nitrogens is 3. The van der Waals surface area contributed by atoms with Crippen LogP contribution in [-0.4, -0.2) is 59.2 Å². The van der Waals surface area contributed by atoms with Crippen molar-refractivity contribution < 1.29 is 13.2 Å². The third-order valence-electron chi connectivity index (χ3n) is 4.32. The molecule has 1 saturated heterocycles. The van der Waals surface area contributed by atoms with Crippen LogP contribution in [0.3, 0.4) is 0 Å². The summed E-state index contributed by atoms with van der Waals surface area (Å²) >= 11 is 1.49. The van der Waals surface area contributed by atoms with E-state index >= 15 is 0 Å². The molecule has 1 amide bonds. The lowest BCUT2D eigenvalue weighted by atomic mass is 10.1. The van der Waals surface area contributed by atoms with Crippen LogP contribution in [0.2, 0.25) is 0 Å². The molecule has 2 N–H and O–H groups in total. The van der Waals surface area contributed by atoms with Crippen LogP contribution in [0, 0.1) is 0 Å². The number of hydrogen-bond acceptors (Lipinski definition) is 6. The smallest absolute Gasteiger partial charge is 0.243 e. The minimum Gasteiger partial charge on any atom is -0.355 e. The van der Waals surface area contributed by atoms with Gasteiger partial charge in [-0.2, -0.15) is 9.40 Å². The van der Waals surface area contributed by atoms with E-state index in [0.29, 0.717) is 43.1 Å². The maximum atomic E-state index is 12.5. The highest BCUT2D eigenvalue weighted by molar-refractivity contribution is 7.99. The number of H-pyrrole nitrogens is 1. The van der Waals surface area contributed by atoms with Gasteiger partial charge in [-0.05, 0) is 37.0 Å². The van der Waals surface area contributed by atoms with Gasteiger partial charge in [0.25, 0.3) is 0 Å². The molecule has 0 unspecified atom stereocenters. The number of carbonyl (C=O) groups excluding carboxylic acids is 1. The fourth-order valence-corrected chi connectivity index (χ4v) is 5.01. The van der Waals surface area contributed by atoms with Crippen molar-refractivity contribution in [2.75, 3.05) is 25.4 Å². The number of thioether (sulfide) groups is 1. The van der Waals surface area contributed by atoms with Gasteiger partial charge in [-0.1, -0.05) is 23.9 Å². The van der Waals surface area contributed by atoms with Crippen molar-refractivity contribution >= 4 is 27.7 Å². The summed E-state index contributed by atoms with van der Waals surface area (Å²) in [5.41, 5.74) is 0.946. The molecule has 0 bridgehead atoms. The molecule has 1 aromatic heterocycles. The lowest BCUT2D eigenvalue weighted by Gasteiger charge is -2.15. The third kappa shape index (κ3) is 5.53. The van der Waals surface area contributed by atoms with Gasteiger partial charge in [0.1, 0.15) is 6.33 Å². The van der Waals surface area contributed by atoms with Crippen molar-refractivity contribution in [2.24, 2.45) is 0 Å². The molecular weight excluding hydrogens is 386 g/mol. The summed E-state index contributed by atoms with van der Waals surface area (Å²) in [6, 6.07) is 6.84. The van der Waals surface area contributed by atoms with Crippen LogP contribution >= 0.6 is 11.8 Å². The Bertz CT molecular complexity index is 832. The van der Waals surface area contributed by atoms with E-state index in [9.17, 15) is 13.2 Å². The number of sulfonamides is 1. The van der Waals surface area contributed by atoms with E-state index in [1.54, 1.807) is 24.3 Å². The Balaban J connectivity index is 1.41. The molecule has 1 fully saturated rings. The normalized spacial score (nSPS) is 15.1. The summed E-state index contributed by atoms with van der Waals surface area (Å²) in [4.78, 5) is 16.2. The molecule has 146 valence electrons. The minimum absolute atomic E-state index is 0.0260. The fourth-order valence-electron chi connectivity index (χ4n) is 2.85. The number of amides is 1. The highest BCUT2D eigenvalue weighted by Crippen LogP contribution is 2.21. The number of aryl methyl sites for hydroxylation is 1. The molecule has 1 aliphatic rings. The average Bonchev–Trinajstić information content (AvgIpc) is 3.38. The zero-order chi connectivity index (χ0) is 19.1. The lowest BCUT2D eigenvalue weighted by molar-refractivity contribution is -0.120. The Morgan fingerprint density at radius 3 is 2.63 bits per heavy atom. The highest BCUT2D eigenvalue weighted by atomic mass is 32.2. The van der Waals surface area contributed by atoms with Gasteiger partial charge < -0.3 is 5.32 Å². The predicted octanol–water partition coefficient (Wildman–Crippen LogP) is 1.43. The van der Waals surface area contributed by atoms with E-state index in [0.717, 1.165) is 23.6 Å². The first-order valence-corrected chi connectivity index (χ1v) is 11.3. The van der Waals surface area contributed by atoms with E-state index in [1.807, 2.05) is 0 Å². The lowest BCUT2D eigenvalue weighted by Crippen LogP contribution is -2.27. The summed E-state index contributed by atoms with van der Waals surface area (Å²) in [7, 11) is -3.38. The number of nitrogens with zero attached hydrogens (tertiary/aromatic N) is 3. The molecule has 0 radical (unpaired) electrons. The van der Waals surface area contributed by atoms with E-state index in [1.165, 1.54) is 22.4 Å². The Kier molecular flexibility index (Phi) is 6.86. The van der Waals surface area contributed by atoms with Crippen LogP contribution < -0.4 is 5.32 Å². The minimum atomic E-state index is -3.38. The molecule has 27 heavy (non-hydrogen) atoms. The number of carbonyl (C=O) groups is 1. The van der Waals surface area contributed by atoms with Crippen molar-refractivity contribution in [2.45, 2.75) is 35.7 Å². The topological polar surface area (TPSA) is 108 Å². The summed E-state index contributed by atoms with van der Waals surface area (Å²) in [5.74, 6) is 0.686. The molecule has 0 aliphatic carbocycles. The number of nitrogens with one attached hydrogen (secondary N) is 2. The van der Waals surface area contributed by atoms with Crippen molar-refractivity contribution in [3.63, 3.8) is 0 Å². The molecule has 2 aromatic rings. The van der Waals surface area contributed by atoms with Crippen LogP contribution in [0.4, 0.5) is 0 Å². The standard InChI is InChI=1S/C17H23N5O3S2/c23-16(18-9-12-26-17-19-13-20-21-17)8-5-14-3-6-15(7-4-14)27(24,25)22-10-1-2-11-22/h3-4,6-7,13H,1-2,5,8-12H2,(H,18,23)(H,19,20,21). The molecule has 0 saturated carbocycles. The first-order chi connectivity index (χ1) is 13.1. The molecular formula is C17H23N5O3S2. The summed E-state index contributed by atoms with van der Waals surface area (Å²) < 4.78 is 26.5. The molecule has 3 rings (SSSR count). The van der Waals surface area contributed by atoms with Crippen LogP contribution in [0.1, 0.15) is 24.8 Å².